The lowest BCUT2D eigenvalue weighted by Gasteiger charge is -2.29. The molecule has 0 radical (unpaired) electrons. The van der Waals surface area contributed by atoms with Crippen LogP contribution in [0.25, 0.3) is 0 Å². The van der Waals surface area contributed by atoms with Crippen molar-refractivity contribution in [2.24, 2.45) is 0 Å². The number of hydrogen-bond acceptors (Lipinski definition) is 4. The molecule has 1 heterocycles. The normalized spacial score (nSPS) is 14.2. The first-order valence-corrected chi connectivity index (χ1v) is 9.36. The van der Waals surface area contributed by atoms with E-state index >= 15 is 0 Å². The number of hydrogen-bond donors (Lipinski definition) is 0. The van der Waals surface area contributed by atoms with Gasteiger partial charge in [-0.2, -0.15) is 0 Å². The Morgan fingerprint density at radius 2 is 1.88 bits per heavy atom. The molecule has 1 aliphatic rings. The van der Waals surface area contributed by atoms with Gasteiger partial charge in [-0.15, -0.1) is 0 Å². The zero-order chi connectivity index (χ0) is 18.5. The number of halogens is 2. The van der Waals surface area contributed by atoms with Crippen molar-refractivity contribution in [1.29, 1.82) is 0 Å². The number of nitrogens with zero attached hydrogens (tertiary/aromatic N) is 1. The fourth-order valence-electron chi connectivity index (χ4n) is 2.66. The van der Waals surface area contributed by atoms with Gasteiger partial charge in [0, 0.05) is 34.3 Å². The van der Waals surface area contributed by atoms with Crippen LogP contribution in [0.15, 0.2) is 36.4 Å². The molecule has 0 spiro atoms. The van der Waals surface area contributed by atoms with Crippen LogP contribution < -0.4 is 9.47 Å². The van der Waals surface area contributed by atoms with Gasteiger partial charge in [0.05, 0.1) is 20.3 Å². The topological polar surface area (TPSA) is 30.9 Å². The monoisotopic (exact) mass is 411 g/mol. The summed E-state index contributed by atoms with van der Waals surface area (Å²) in [6.07, 6.45) is 0. The van der Waals surface area contributed by atoms with Gasteiger partial charge in [0.15, 0.2) is 11.5 Å². The number of ether oxygens (including phenoxy) is 3. The second-order valence-electron chi connectivity index (χ2n) is 5.79. The maximum atomic E-state index is 6.19. The third-order valence-electron chi connectivity index (χ3n) is 4.11. The van der Waals surface area contributed by atoms with Crippen LogP contribution in [0.1, 0.15) is 11.1 Å². The molecule has 0 unspecified atom stereocenters. The Morgan fingerprint density at radius 1 is 1.12 bits per heavy atom. The molecule has 0 bridgehead atoms. The average molecular weight is 412 g/mol. The summed E-state index contributed by atoms with van der Waals surface area (Å²) < 4.78 is 16.7. The van der Waals surface area contributed by atoms with Crippen molar-refractivity contribution in [1.82, 2.24) is 4.90 Å². The van der Waals surface area contributed by atoms with Crippen molar-refractivity contribution in [3.8, 4) is 11.5 Å². The minimum atomic E-state index is 0.319. The molecule has 138 valence electrons. The van der Waals surface area contributed by atoms with E-state index in [-0.39, 0.29) is 0 Å². The summed E-state index contributed by atoms with van der Waals surface area (Å²) >= 11 is 17.7. The van der Waals surface area contributed by atoms with Crippen molar-refractivity contribution < 1.29 is 14.2 Å². The van der Waals surface area contributed by atoms with Crippen LogP contribution in [-0.2, 0) is 11.3 Å². The molecule has 3 rings (SSSR count). The van der Waals surface area contributed by atoms with Crippen molar-refractivity contribution in [3.63, 3.8) is 0 Å². The summed E-state index contributed by atoms with van der Waals surface area (Å²) in [5.74, 6) is 1.26. The maximum Gasteiger partial charge on any atom is 0.161 e. The van der Waals surface area contributed by atoms with Crippen molar-refractivity contribution >= 4 is 40.4 Å². The standard InChI is InChI=1S/C19H19Cl2NO3S/c1-23-18-10-13(19(26)22-6-8-24-9-7-22)3-5-17(18)25-12-14-2-4-15(20)11-16(14)21/h2-5,10-11H,6-9,12H2,1H3. The Labute approximate surface area is 168 Å². The van der Waals surface area contributed by atoms with Gasteiger partial charge in [0.25, 0.3) is 0 Å². The third-order valence-corrected chi connectivity index (χ3v) is 5.19. The highest BCUT2D eigenvalue weighted by Gasteiger charge is 2.17. The molecule has 0 aromatic heterocycles. The molecule has 7 heteroatoms. The quantitative estimate of drug-likeness (QED) is 0.671. The lowest BCUT2D eigenvalue weighted by Crippen LogP contribution is -2.40. The Bertz CT molecular complexity index is 794. The molecule has 2 aromatic carbocycles. The Kier molecular flexibility index (Phi) is 6.59. The highest BCUT2D eigenvalue weighted by Crippen LogP contribution is 2.31. The minimum Gasteiger partial charge on any atom is -0.493 e. The fourth-order valence-corrected chi connectivity index (χ4v) is 3.44. The molecule has 0 saturated carbocycles. The van der Waals surface area contributed by atoms with Gasteiger partial charge in [-0.1, -0.05) is 41.5 Å². The van der Waals surface area contributed by atoms with E-state index in [4.69, 9.17) is 49.6 Å². The number of methoxy groups -OCH3 is 1. The molecule has 0 aliphatic carbocycles. The van der Waals surface area contributed by atoms with Gasteiger partial charge < -0.3 is 19.1 Å². The Hall–Kier alpha value is -1.53. The van der Waals surface area contributed by atoms with Crippen LogP contribution in [-0.4, -0.2) is 43.3 Å². The lowest BCUT2D eigenvalue weighted by atomic mass is 10.1. The summed E-state index contributed by atoms with van der Waals surface area (Å²) in [6.45, 7) is 3.31. The molecular weight excluding hydrogens is 393 g/mol. The van der Waals surface area contributed by atoms with Crippen LogP contribution >= 0.6 is 35.4 Å². The Balaban J connectivity index is 1.73. The van der Waals surface area contributed by atoms with E-state index in [9.17, 15) is 0 Å². The van der Waals surface area contributed by atoms with Gasteiger partial charge in [-0.3, -0.25) is 0 Å². The van der Waals surface area contributed by atoms with Gasteiger partial charge >= 0.3 is 0 Å². The molecule has 26 heavy (non-hydrogen) atoms. The zero-order valence-electron chi connectivity index (χ0n) is 14.3. The minimum absolute atomic E-state index is 0.319. The van der Waals surface area contributed by atoms with Gasteiger partial charge in [0.2, 0.25) is 0 Å². The van der Waals surface area contributed by atoms with E-state index in [0.717, 1.165) is 29.2 Å². The van der Waals surface area contributed by atoms with Crippen LogP contribution in [0.2, 0.25) is 10.0 Å². The number of morpholine rings is 1. The van der Waals surface area contributed by atoms with Crippen LogP contribution in [0.3, 0.4) is 0 Å². The summed E-state index contributed by atoms with van der Waals surface area (Å²) in [5, 5.41) is 1.17. The first kappa shape index (κ1) is 19.2. The zero-order valence-corrected chi connectivity index (χ0v) is 16.7. The summed E-state index contributed by atoms with van der Waals surface area (Å²) in [6, 6.07) is 11.0. The van der Waals surface area contributed by atoms with Crippen molar-refractivity contribution in [2.75, 3.05) is 33.4 Å². The predicted molar refractivity (Wildman–Crippen MR) is 108 cm³/mol. The van der Waals surface area contributed by atoms with E-state index in [1.54, 1.807) is 19.2 Å². The molecule has 2 aromatic rings. The lowest BCUT2D eigenvalue weighted by molar-refractivity contribution is 0.0693. The second kappa shape index (κ2) is 8.91. The van der Waals surface area contributed by atoms with Crippen LogP contribution in [0.5, 0.6) is 11.5 Å². The first-order valence-electron chi connectivity index (χ1n) is 8.20. The molecule has 0 N–H and O–H groups in total. The smallest absolute Gasteiger partial charge is 0.161 e. The third kappa shape index (κ3) is 4.60. The van der Waals surface area contributed by atoms with E-state index in [1.807, 2.05) is 24.3 Å². The molecule has 1 saturated heterocycles. The number of benzene rings is 2. The highest BCUT2D eigenvalue weighted by molar-refractivity contribution is 7.80. The van der Waals surface area contributed by atoms with Crippen molar-refractivity contribution in [2.45, 2.75) is 6.61 Å². The molecule has 0 atom stereocenters. The SMILES string of the molecule is COc1cc(C(=S)N2CCOCC2)ccc1OCc1ccc(Cl)cc1Cl. The predicted octanol–water partition coefficient (Wildman–Crippen LogP) is 4.59. The first-order chi connectivity index (χ1) is 12.6. The summed E-state index contributed by atoms with van der Waals surface area (Å²) in [7, 11) is 1.61. The van der Waals surface area contributed by atoms with Gasteiger partial charge in [-0.05, 0) is 30.3 Å². The van der Waals surface area contributed by atoms with Crippen molar-refractivity contribution in [3.05, 3.63) is 57.6 Å². The number of thiocarbonyl (C=S) groups is 1. The molecule has 4 nitrogen and oxygen atoms in total. The van der Waals surface area contributed by atoms with E-state index in [0.29, 0.717) is 41.4 Å². The largest absolute Gasteiger partial charge is 0.493 e. The van der Waals surface area contributed by atoms with E-state index < -0.39 is 0 Å². The maximum absolute atomic E-state index is 6.19. The summed E-state index contributed by atoms with van der Waals surface area (Å²) in [5.41, 5.74) is 1.78. The average Bonchev–Trinajstić information content (AvgIpc) is 2.67. The molecule has 1 aliphatic heterocycles. The molecule has 1 fully saturated rings. The van der Waals surface area contributed by atoms with E-state index in [1.165, 1.54) is 0 Å². The Morgan fingerprint density at radius 3 is 2.58 bits per heavy atom. The van der Waals surface area contributed by atoms with Crippen LogP contribution in [0.4, 0.5) is 0 Å². The molecule has 0 amide bonds. The van der Waals surface area contributed by atoms with E-state index in [2.05, 4.69) is 4.90 Å². The highest BCUT2D eigenvalue weighted by atomic mass is 35.5. The summed E-state index contributed by atoms with van der Waals surface area (Å²) in [4.78, 5) is 2.93. The fraction of sp³-hybridized carbons (Fsp3) is 0.316. The van der Waals surface area contributed by atoms with Gasteiger partial charge in [-0.25, -0.2) is 0 Å². The second-order valence-corrected chi connectivity index (χ2v) is 7.02. The molecular formula is C19H19Cl2NO3S. The number of rotatable bonds is 5. The van der Waals surface area contributed by atoms with Gasteiger partial charge in [0.1, 0.15) is 11.6 Å². The van der Waals surface area contributed by atoms with Crippen LogP contribution in [0, 0.1) is 0 Å².